The molecule has 0 N–H and O–H groups in total. The Balaban J connectivity index is 1.50. The second kappa shape index (κ2) is 8.27. The van der Waals surface area contributed by atoms with Crippen LogP contribution in [0, 0.1) is 11.3 Å². The molecular weight excluding hydrogens is 502 g/mol. The van der Waals surface area contributed by atoms with Crippen molar-refractivity contribution < 1.29 is 4.42 Å². The third-order valence-corrected chi connectivity index (χ3v) is 9.78. The number of rotatable bonds is 2. The highest BCUT2D eigenvalue weighted by atomic mass is 32.1. The molecule has 0 aliphatic carbocycles. The molecule has 0 radical (unpaired) electrons. The molecule has 7 rings (SSSR count). The number of fused-ring (bicyclic) bond motifs is 3. The van der Waals surface area contributed by atoms with Crippen molar-refractivity contribution in [3.63, 3.8) is 0 Å². The number of nitrogens with zero attached hydrogens (tertiary/aromatic N) is 3. The molecule has 2 aliphatic rings. The van der Waals surface area contributed by atoms with Gasteiger partial charge >= 0.3 is 5.63 Å². The van der Waals surface area contributed by atoms with Crippen LogP contribution in [0.3, 0.4) is 0 Å². The Kier molecular flexibility index (Phi) is 5.12. The van der Waals surface area contributed by atoms with Crippen LogP contribution in [0.25, 0.3) is 42.9 Å². The summed E-state index contributed by atoms with van der Waals surface area (Å²) in [4.78, 5) is 21.0. The van der Waals surface area contributed by atoms with Crippen molar-refractivity contribution >= 4 is 38.2 Å². The van der Waals surface area contributed by atoms with Gasteiger partial charge in [-0.05, 0) is 58.6 Å². The van der Waals surface area contributed by atoms with Crippen LogP contribution in [0.5, 0.6) is 0 Å². The zero-order valence-electron chi connectivity index (χ0n) is 22.6. The number of nitriles is 1. The van der Waals surface area contributed by atoms with E-state index in [-0.39, 0.29) is 16.4 Å². The van der Waals surface area contributed by atoms with Crippen molar-refractivity contribution in [2.75, 3.05) is 18.0 Å². The van der Waals surface area contributed by atoms with E-state index in [0.717, 1.165) is 58.2 Å². The Morgan fingerprint density at radius 3 is 2.46 bits per heavy atom. The first kappa shape index (κ1) is 24.1. The predicted octanol–water partition coefficient (Wildman–Crippen LogP) is 7.78. The van der Waals surface area contributed by atoms with Crippen molar-refractivity contribution in [3.8, 4) is 27.8 Å². The molecule has 2 aromatic heterocycles. The molecule has 4 heterocycles. The lowest BCUT2D eigenvalue weighted by Crippen LogP contribution is -2.44. The number of thiazole rings is 1. The van der Waals surface area contributed by atoms with Crippen molar-refractivity contribution in [1.29, 1.82) is 5.26 Å². The number of aromatic nitrogens is 1. The Morgan fingerprint density at radius 1 is 0.974 bits per heavy atom. The minimum atomic E-state index is -0.499. The zero-order valence-corrected chi connectivity index (χ0v) is 23.4. The van der Waals surface area contributed by atoms with Crippen LogP contribution in [-0.2, 0) is 10.8 Å². The van der Waals surface area contributed by atoms with Gasteiger partial charge in [0.05, 0.1) is 15.8 Å². The largest absolute Gasteiger partial charge is 0.422 e. The summed E-state index contributed by atoms with van der Waals surface area (Å²) in [6, 6.07) is 20.8. The number of anilines is 1. The number of hydrogen-bond acceptors (Lipinski definition) is 6. The van der Waals surface area contributed by atoms with Gasteiger partial charge in [0.25, 0.3) is 0 Å². The van der Waals surface area contributed by atoms with Gasteiger partial charge in [0.2, 0.25) is 0 Å². The molecule has 0 spiro atoms. The van der Waals surface area contributed by atoms with E-state index in [9.17, 15) is 10.1 Å². The fourth-order valence-corrected chi connectivity index (χ4v) is 7.36. The van der Waals surface area contributed by atoms with Crippen LogP contribution in [0.1, 0.15) is 57.2 Å². The van der Waals surface area contributed by atoms with E-state index < -0.39 is 5.63 Å². The number of benzene rings is 3. The molecule has 0 saturated carbocycles. The molecule has 0 bridgehead atoms. The van der Waals surface area contributed by atoms with Crippen LogP contribution >= 0.6 is 11.3 Å². The molecule has 5 aromatic rings. The average Bonchev–Trinajstić information content (AvgIpc) is 3.34. The van der Waals surface area contributed by atoms with Gasteiger partial charge in [-0.2, -0.15) is 5.26 Å². The molecule has 0 amide bonds. The average molecular weight is 532 g/mol. The summed E-state index contributed by atoms with van der Waals surface area (Å²) < 4.78 is 7.15. The molecule has 3 aromatic carbocycles. The highest BCUT2D eigenvalue weighted by molar-refractivity contribution is 7.21. The minimum absolute atomic E-state index is 0.0467. The van der Waals surface area contributed by atoms with Crippen molar-refractivity contribution in [2.45, 2.75) is 51.4 Å². The highest BCUT2D eigenvalue weighted by Crippen LogP contribution is 2.52. The highest BCUT2D eigenvalue weighted by Gasteiger charge is 2.42. The van der Waals surface area contributed by atoms with E-state index >= 15 is 0 Å². The summed E-state index contributed by atoms with van der Waals surface area (Å²) in [5.41, 5.74) is 6.91. The van der Waals surface area contributed by atoms with E-state index in [1.165, 1.54) is 22.6 Å². The lowest BCUT2D eigenvalue weighted by Gasteiger charge is -2.48. The van der Waals surface area contributed by atoms with Crippen LogP contribution in [0.4, 0.5) is 5.69 Å². The second-order valence-corrected chi connectivity index (χ2v) is 13.1. The van der Waals surface area contributed by atoms with Gasteiger partial charge in [-0.25, -0.2) is 9.78 Å². The van der Waals surface area contributed by atoms with Gasteiger partial charge in [0, 0.05) is 29.7 Å². The van der Waals surface area contributed by atoms with Crippen molar-refractivity contribution in [2.24, 2.45) is 0 Å². The lowest BCUT2D eigenvalue weighted by molar-refractivity contribution is 0.398. The lowest BCUT2D eigenvalue weighted by atomic mass is 9.69. The first-order valence-corrected chi connectivity index (χ1v) is 14.3. The topological polar surface area (TPSA) is 70.1 Å². The summed E-state index contributed by atoms with van der Waals surface area (Å²) in [6.07, 6.45) is 2.01. The van der Waals surface area contributed by atoms with Gasteiger partial charge in [-0.1, -0.05) is 64.1 Å². The third-order valence-electron chi connectivity index (χ3n) is 8.73. The van der Waals surface area contributed by atoms with Crippen LogP contribution in [0.15, 0.2) is 63.8 Å². The molecule has 194 valence electrons. The smallest absolute Gasteiger partial charge is 0.348 e. The van der Waals surface area contributed by atoms with Gasteiger partial charge in [0.1, 0.15) is 22.2 Å². The Morgan fingerprint density at radius 2 is 1.72 bits per heavy atom. The van der Waals surface area contributed by atoms with Crippen molar-refractivity contribution in [1.82, 2.24) is 4.98 Å². The Labute approximate surface area is 231 Å². The van der Waals surface area contributed by atoms with E-state index in [4.69, 9.17) is 9.40 Å². The van der Waals surface area contributed by atoms with E-state index in [2.05, 4.69) is 62.9 Å². The van der Waals surface area contributed by atoms with Gasteiger partial charge in [-0.3, -0.25) is 0 Å². The molecule has 0 unspecified atom stereocenters. The zero-order chi connectivity index (χ0) is 27.1. The predicted molar refractivity (Wildman–Crippen MR) is 159 cm³/mol. The van der Waals surface area contributed by atoms with Gasteiger partial charge in [-0.15, -0.1) is 11.3 Å². The molecule has 6 heteroatoms. The summed E-state index contributed by atoms with van der Waals surface area (Å²) in [5, 5.41) is 11.7. The van der Waals surface area contributed by atoms with E-state index in [0.29, 0.717) is 16.2 Å². The standard InChI is InChI=1S/C33H29N3O2S/c1-32(2)12-14-36-15-13-33(3,4)27-28(36)23(32)17-21-22(18-34)26(31(37)38-29(21)27)30-35-24-16-20(10-11-25(24)39-30)19-8-6-5-7-9-19/h5-11,16-17H,12-15H2,1-4H3. The van der Waals surface area contributed by atoms with Crippen LogP contribution < -0.4 is 10.5 Å². The van der Waals surface area contributed by atoms with Crippen LogP contribution in [-0.4, -0.2) is 18.1 Å². The van der Waals surface area contributed by atoms with Crippen LogP contribution in [0.2, 0.25) is 0 Å². The molecule has 5 nitrogen and oxygen atoms in total. The molecule has 0 saturated heterocycles. The summed E-state index contributed by atoms with van der Waals surface area (Å²) in [6.45, 7) is 11.0. The van der Waals surface area contributed by atoms with Gasteiger partial charge < -0.3 is 9.32 Å². The number of hydrogen-bond donors (Lipinski definition) is 0. The molecule has 0 fully saturated rings. The van der Waals surface area contributed by atoms with Gasteiger partial charge in [0.15, 0.2) is 0 Å². The quantitative estimate of drug-likeness (QED) is 0.218. The summed E-state index contributed by atoms with van der Waals surface area (Å²) in [7, 11) is 0. The minimum Gasteiger partial charge on any atom is -0.422 e. The maximum atomic E-state index is 13.7. The van der Waals surface area contributed by atoms with Crippen molar-refractivity contribution in [3.05, 3.63) is 81.7 Å². The monoisotopic (exact) mass is 531 g/mol. The summed E-state index contributed by atoms with van der Waals surface area (Å²) in [5.74, 6) is 0. The Bertz CT molecular complexity index is 1910. The molecule has 0 atom stereocenters. The molecule has 2 aliphatic heterocycles. The first-order chi connectivity index (χ1) is 18.7. The summed E-state index contributed by atoms with van der Waals surface area (Å²) >= 11 is 1.43. The fourth-order valence-electron chi connectivity index (χ4n) is 6.38. The maximum Gasteiger partial charge on any atom is 0.348 e. The SMILES string of the molecule is CC1(C)CCN2CCC(C)(C)c3c2c1cc1c(C#N)c(-c2nc4cc(-c5ccccc5)ccc4s2)c(=O)oc31. The second-order valence-electron chi connectivity index (χ2n) is 12.1. The molecular formula is C33H29N3O2S. The Hall–Kier alpha value is -3.95. The first-order valence-electron chi connectivity index (χ1n) is 13.5. The maximum absolute atomic E-state index is 13.7. The fraction of sp³-hybridized carbons (Fsp3) is 0.303. The molecule has 39 heavy (non-hydrogen) atoms. The van der Waals surface area contributed by atoms with E-state index in [1.54, 1.807) is 0 Å². The third kappa shape index (κ3) is 3.57. The normalized spacial score (nSPS) is 17.3. The van der Waals surface area contributed by atoms with E-state index in [1.807, 2.05) is 30.3 Å².